The van der Waals surface area contributed by atoms with E-state index in [1.54, 1.807) is 24.3 Å². The molecule has 0 radical (unpaired) electrons. The molecule has 1 aromatic heterocycles. The van der Waals surface area contributed by atoms with Crippen molar-refractivity contribution in [2.24, 2.45) is 0 Å². The monoisotopic (exact) mass is 371 g/mol. The van der Waals surface area contributed by atoms with Crippen molar-refractivity contribution in [3.05, 3.63) is 83.1 Å². The second-order valence-corrected chi connectivity index (χ2v) is 7.73. The molecule has 0 aliphatic rings. The Labute approximate surface area is 153 Å². The van der Waals surface area contributed by atoms with Gasteiger partial charge >= 0.3 is 0 Å². The molecule has 0 saturated carbocycles. The topological polar surface area (TPSA) is 69.4 Å². The zero-order valence-electron chi connectivity index (χ0n) is 14.8. The number of nitrogens with zero attached hydrogens (tertiary/aromatic N) is 1. The summed E-state index contributed by atoms with van der Waals surface area (Å²) in [6.07, 6.45) is 0.972. The Hall–Kier alpha value is -2.44. The van der Waals surface area contributed by atoms with Crippen LogP contribution in [0.5, 0.6) is 0 Å². The third-order valence-electron chi connectivity index (χ3n) is 4.02. The summed E-state index contributed by atoms with van der Waals surface area (Å²) in [5.74, 6) is 1.30. The predicted octanol–water partition coefficient (Wildman–Crippen LogP) is 3.83. The number of benzene rings is 2. The number of rotatable bonds is 7. The van der Waals surface area contributed by atoms with Crippen LogP contribution in [0.15, 0.2) is 63.9 Å². The number of oxazole rings is 1. The summed E-state index contributed by atoms with van der Waals surface area (Å²) in [6, 6.07) is 16.5. The van der Waals surface area contributed by atoms with Crippen LogP contribution in [0.3, 0.4) is 0 Å². The zero-order valence-corrected chi connectivity index (χ0v) is 15.6. The number of hydrogen-bond acceptors (Lipinski definition) is 5. The van der Waals surface area contributed by atoms with Crippen LogP contribution in [-0.4, -0.2) is 20.0 Å². The van der Waals surface area contributed by atoms with E-state index in [0.717, 1.165) is 16.8 Å². The number of aromatic nitrogens is 1. The van der Waals surface area contributed by atoms with Crippen molar-refractivity contribution in [1.82, 2.24) is 4.98 Å². The first-order valence-electron chi connectivity index (χ1n) is 8.39. The van der Waals surface area contributed by atoms with Crippen molar-refractivity contribution in [3.8, 4) is 0 Å². The number of hydrogen-bond donors (Lipinski definition) is 0. The quantitative estimate of drug-likeness (QED) is 0.590. The Morgan fingerprint density at radius 1 is 1.00 bits per heavy atom. The van der Waals surface area contributed by atoms with Crippen LogP contribution in [0, 0.1) is 13.8 Å². The second kappa shape index (κ2) is 7.85. The molecule has 0 aliphatic carbocycles. The van der Waals surface area contributed by atoms with Gasteiger partial charge in [-0.1, -0.05) is 48.0 Å². The minimum Gasteiger partial charge on any atom is -0.445 e. The molecule has 0 N–H and O–H groups in total. The molecule has 0 spiro atoms. The molecule has 0 bridgehead atoms. The van der Waals surface area contributed by atoms with Crippen molar-refractivity contribution in [2.75, 3.05) is 6.61 Å². The summed E-state index contributed by atoms with van der Waals surface area (Å²) in [4.78, 5) is 4.62. The summed E-state index contributed by atoms with van der Waals surface area (Å²) in [5.41, 5.74) is 2.82. The van der Waals surface area contributed by atoms with E-state index in [0.29, 0.717) is 24.5 Å². The molecule has 3 aromatic rings. The predicted molar refractivity (Wildman–Crippen MR) is 98.5 cm³/mol. The molecule has 2 aromatic carbocycles. The van der Waals surface area contributed by atoms with E-state index in [9.17, 15) is 8.42 Å². The molecule has 0 fully saturated rings. The van der Waals surface area contributed by atoms with Crippen LogP contribution in [0.4, 0.5) is 0 Å². The van der Waals surface area contributed by atoms with Crippen LogP contribution < -0.4 is 0 Å². The Balaban J connectivity index is 1.60. The highest BCUT2D eigenvalue weighted by Crippen LogP contribution is 2.17. The molecular formula is C20H21NO4S. The highest BCUT2D eigenvalue weighted by molar-refractivity contribution is 7.86. The molecule has 3 rings (SSSR count). The molecule has 0 aliphatic heterocycles. The van der Waals surface area contributed by atoms with Gasteiger partial charge in [-0.15, -0.1) is 0 Å². The fourth-order valence-electron chi connectivity index (χ4n) is 2.59. The zero-order chi connectivity index (χ0) is 18.6. The van der Waals surface area contributed by atoms with Gasteiger partial charge in [0.2, 0.25) is 0 Å². The van der Waals surface area contributed by atoms with Gasteiger partial charge in [-0.3, -0.25) is 4.18 Å². The van der Waals surface area contributed by atoms with Crippen LogP contribution in [0.2, 0.25) is 0 Å². The van der Waals surface area contributed by atoms with Crippen molar-refractivity contribution < 1.29 is 17.0 Å². The largest absolute Gasteiger partial charge is 0.445 e. The maximum atomic E-state index is 12.2. The molecule has 1 heterocycles. The van der Waals surface area contributed by atoms with Crippen LogP contribution >= 0.6 is 0 Å². The summed E-state index contributed by atoms with van der Waals surface area (Å²) >= 11 is 0. The maximum Gasteiger partial charge on any atom is 0.296 e. The molecule has 0 unspecified atom stereocenters. The van der Waals surface area contributed by atoms with Crippen molar-refractivity contribution in [1.29, 1.82) is 0 Å². The molecule has 6 heteroatoms. The van der Waals surface area contributed by atoms with Gasteiger partial charge in [0, 0.05) is 12.8 Å². The lowest BCUT2D eigenvalue weighted by Gasteiger charge is -2.05. The first-order valence-corrected chi connectivity index (χ1v) is 9.80. The summed E-state index contributed by atoms with van der Waals surface area (Å²) in [7, 11) is -3.76. The van der Waals surface area contributed by atoms with E-state index in [-0.39, 0.29) is 11.5 Å². The highest BCUT2D eigenvalue weighted by Gasteiger charge is 2.16. The third kappa shape index (κ3) is 4.59. The maximum absolute atomic E-state index is 12.2. The van der Waals surface area contributed by atoms with Gasteiger partial charge in [-0.2, -0.15) is 8.42 Å². The third-order valence-corrected chi connectivity index (χ3v) is 5.35. The van der Waals surface area contributed by atoms with Crippen LogP contribution in [0.1, 0.15) is 28.5 Å². The standard InChI is InChI=1S/C20H21NO4S/c1-15-8-10-18(11-9-15)26(22,23)24-13-12-19-16(2)25-20(21-19)14-17-6-4-3-5-7-17/h3-11H,12-14H2,1-2H3. The fraction of sp³-hybridized carbons (Fsp3) is 0.250. The molecule has 26 heavy (non-hydrogen) atoms. The van der Waals surface area contributed by atoms with Gasteiger partial charge in [0.15, 0.2) is 5.89 Å². The van der Waals surface area contributed by atoms with Gasteiger partial charge in [0.05, 0.1) is 17.2 Å². The average Bonchev–Trinajstić information content (AvgIpc) is 2.95. The minimum atomic E-state index is -3.76. The molecule has 5 nitrogen and oxygen atoms in total. The lowest BCUT2D eigenvalue weighted by atomic mass is 10.1. The lowest BCUT2D eigenvalue weighted by Crippen LogP contribution is -2.09. The van der Waals surface area contributed by atoms with Crippen molar-refractivity contribution in [2.45, 2.75) is 31.6 Å². The normalized spacial score (nSPS) is 11.6. The van der Waals surface area contributed by atoms with E-state index in [1.165, 1.54) is 0 Å². The van der Waals surface area contributed by atoms with E-state index in [4.69, 9.17) is 8.60 Å². The van der Waals surface area contributed by atoms with Crippen LogP contribution in [0.25, 0.3) is 0 Å². The summed E-state index contributed by atoms with van der Waals surface area (Å²) in [6.45, 7) is 3.75. The summed E-state index contributed by atoms with van der Waals surface area (Å²) < 4.78 is 35.2. The SMILES string of the molecule is Cc1ccc(S(=O)(=O)OCCc2nc(Cc3ccccc3)oc2C)cc1. The Bertz CT molecular complexity index is 961. The van der Waals surface area contributed by atoms with Crippen LogP contribution in [-0.2, 0) is 27.1 Å². The van der Waals surface area contributed by atoms with Gasteiger partial charge in [0.25, 0.3) is 10.1 Å². The Kier molecular flexibility index (Phi) is 5.54. The Morgan fingerprint density at radius 2 is 1.69 bits per heavy atom. The number of aryl methyl sites for hydroxylation is 2. The molecule has 136 valence electrons. The average molecular weight is 371 g/mol. The van der Waals surface area contributed by atoms with Gasteiger partial charge in [-0.25, -0.2) is 4.98 Å². The summed E-state index contributed by atoms with van der Waals surface area (Å²) in [5, 5.41) is 0. The first kappa shape index (κ1) is 18.4. The van der Waals surface area contributed by atoms with Gasteiger partial charge < -0.3 is 4.42 Å². The minimum absolute atomic E-state index is 0.0222. The Morgan fingerprint density at radius 3 is 2.38 bits per heavy atom. The molecular weight excluding hydrogens is 350 g/mol. The van der Waals surface area contributed by atoms with E-state index >= 15 is 0 Å². The smallest absolute Gasteiger partial charge is 0.296 e. The van der Waals surface area contributed by atoms with Crippen molar-refractivity contribution in [3.63, 3.8) is 0 Å². The first-order chi connectivity index (χ1) is 12.4. The molecule has 0 amide bonds. The lowest BCUT2D eigenvalue weighted by molar-refractivity contribution is 0.320. The molecule has 0 saturated heterocycles. The van der Waals surface area contributed by atoms with E-state index in [1.807, 2.05) is 44.2 Å². The van der Waals surface area contributed by atoms with E-state index in [2.05, 4.69) is 4.98 Å². The van der Waals surface area contributed by atoms with Gasteiger partial charge in [0.1, 0.15) is 5.76 Å². The molecule has 0 atom stereocenters. The van der Waals surface area contributed by atoms with Gasteiger partial charge in [-0.05, 0) is 31.5 Å². The van der Waals surface area contributed by atoms with Crippen molar-refractivity contribution >= 4 is 10.1 Å². The highest BCUT2D eigenvalue weighted by atomic mass is 32.2. The van der Waals surface area contributed by atoms with E-state index < -0.39 is 10.1 Å². The second-order valence-electron chi connectivity index (χ2n) is 6.11. The fourth-order valence-corrected chi connectivity index (χ4v) is 3.49.